The number of benzene rings is 1. The third-order valence-corrected chi connectivity index (χ3v) is 3.79. The van der Waals surface area contributed by atoms with Gasteiger partial charge in [-0.1, -0.05) is 28.9 Å². The summed E-state index contributed by atoms with van der Waals surface area (Å²) in [4.78, 5) is 0. The molecule has 0 unspecified atom stereocenters. The molecule has 18 heavy (non-hydrogen) atoms. The first kappa shape index (κ1) is 11.8. The third-order valence-electron chi connectivity index (χ3n) is 3.54. The number of hydrogen-bond acceptors (Lipinski definition) is 3. The van der Waals surface area contributed by atoms with Crippen molar-refractivity contribution in [3.05, 3.63) is 52.9 Å². The Bertz CT molecular complexity index is 489. The summed E-state index contributed by atoms with van der Waals surface area (Å²) in [6.07, 6.45) is 4.03. The summed E-state index contributed by atoms with van der Waals surface area (Å²) in [7, 11) is 0. The van der Waals surface area contributed by atoms with Crippen LogP contribution in [0.4, 0.5) is 0 Å². The third kappa shape index (κ3) is 2.57. The predicted octanol–water partition coefficient (Wildman–Crippen LogP) is 3.36. The van der Waals surface area contributed by atoms with Crippen LogP contribution in [0.5, 0.6) is 0 Å². The molecule has 1 saturated carbocycles. The molecule has 0 atom stereocenters. The second-order valence-electron chi connectivity index (χ2n) is 4.78. The van der Waals surface area contributed by atoms with Crippen LogP contribution in [0.1, 0.15) is 30.1 Å². The first-order chi connectivity index (χ1) is 8.81. The molecule has 1 N–H and O–H groups in total. The number of nitrogens with one attached hydrogen (secondary N) is 1. The van der Waals surface area contributed by atoms with E-state index in [0.29, 0.717) is 12.0 Å². The molecule has 0 saturated heterocycles. The fraction of sp³-hybridized carbons (Fsp3) is 0.357. The minimum atomic E-state index is 0.579. The van der Waals surface area contributed by atoms with E-state index >= 15 is 0 Å². The largest absolute Gasteiger partial charge is 0.360 e. The van der Waals surface area contributed by atoms with Crippen LogP contribution in [0.15, 0.2) is 41.1 Å². The summed E-state index contributed by atoms with van der Waals surface area (Å²) >= 11 is 5.88. The van der Waals surface area contributed by atoms with Crippen molar-refractivity contribution in [3.63, 3.8) is 0 Å². The lowest BCUT2D eigenvalue weighted by atomic mass is 9.76. The standard InChI is InChI=1S/C14H15ClN2O/c15-12-3-1-10(2-4-12)11-7-13(8-11)16-9-14-5-6-17-18-14/h1-6,11,13,16H,7-9H2. The number of halogens is 1. The summed E-state index contributed by atoms with van der Waals surface area (Å²) in [6, 6.07) is 10.6. The van der Waals surface area contributed by atoms with Crippen molar-refractivity contribution in [3.8, 4) is 0 Å². The second kappa shape index (κ2) is 5.12. The Kier molecular flexibility index (Phi) is 3.35. The van der Waals surface area contributed by atoms with Gasteiger partial charge in [0.25, 0.3) is 0 Å². The van der Waals surface area contributed by atoms with Gasteiger partial charge in [0.15, 0.2) is 0 Å². The van der Waals surface area contributed by atoms with Crippen LogP contribution in [0.25, 0.3) is 0 Å². The SMILES string of the molecule is Clc1ccc(C2CC(NCc3ccno3)C2)cc1. The number of nitrogens with zero attached hydrogens (tertiary/aromatic N) is 1. The molecule has 4 heteroatoms. The molecule has 2 aromatic rings. The Hall–Kier alpha value is -1.32. The summed E-state index contributed by atoms with van der Waals surface area (Å²) in [5.41, 5.74) is 1.39. The molecule has 1 aliphatic rings. The highest BCUT2D eigenvalue weighted by Crippen LogP contribution is 2.37. The van der Waals surface area contributed by atoms with Crippen LogP contribution in [-0.4, -0.2) is 11.2 Å². The highest BCUT2D eigenvalue weighted by Gasteiger charge is 2.29. The first-order valence-electron chi connectivity index (χ1n) is 6.19. The molecule has 1 heterocycles. The van der Waals surface area contributed by atoms with Gasteiger partial charge in [-0.15, -0.1) is 0 Å². The van der Waals surface area contributed by atoms with Crippen molar-refractivity contribution in [2.45, 2.75) is 31.3 Å². The number of rotatable bonds is 4. The Morgan fingerprint density at radius 2 is 2.00 bits per heavy atom. The molecule has 0 spiro atoms. The van der Waals surface area contributed by atoms with E-state index in [0.717, 1.165) is 17.3 Å². The van der Waals surface area contributed by atoms with Crippen LogP contribution in [0, 0.1) is 0 Å². The van der Waals surface area contributed by atoms with E-state index in [1.807, 2.05) is 18.2 Å². The van der Waals surface area contributed by atoms with Gasteiger partial charge in [0.2, 0.25) is 0 Å². The second-order valence-corrected chi connectivity index (χ2v) is 5.21. The van der Waals surface area contributed by atoms with E-state index in [1.165, 1.54) is 18.4 Å². The van der Waals surface area contributed by atoms with E-state index in [2.05, 4.69) is 22.6 Å². The normalized spacial score (nSPS) is 22.7. The van der Waals surface area contributed by atoms with Gasteiger partial charge in [0.05, 0.1) is 12.7 Å². The summed E-state index contributed by atoms with van der Waals surface area (Å²) in [5.74, 6) is 1.56. The van der Waals surface area contributed by atoms with Gasteiger partial charge in [-0.3, -0.25) is 0 Å². The van der Waals surface area contributed by atoms with E-state index in [1.54, 1.807) is 6.20 Å². The Balaban J connectivity index is 1.47. The maximum atomic E-state index is 5.88. The lowest BCUT2D eigenvalue weighted by Gasteiger charge is -2.36. The van der Waals surface area contributed by atoms with Crippen LogP contribution < -0.4 is 5.32 Å². The fourth-order valence-corrected chi connectivity index (χ4v) is 2.50. The van der Waals surface area contributed by atoms with Gasteiger partial charge in [-0.2, -0.15) is 0 Å². The first-order valence-corrected chi connectivity index (χ1v) is 6.57. The van der Waals surface area contributed by atoms with Gasteiger partial charge in [-0.05, 0) is 36.5 Å². The lowest BCUT2D eigenvalue weighted by molar-refractivity contribution is 0.274. The molecule has 0 amide bonds. The molecule has 3 rings (SSSR count). The van der Waals surface area contributed by atoms with Gasteiger partial charge in [0, 0.05) is 17.1 Å². The summed E-state index contributed by atoms with van der Waals surface area (Å²) in [5, 5.41) is 7.96. The molecule has 0 bridgehead atoms. The monoisotopic (exact) mass is 262 g/mol. The van der Waals surface area contributed by atoms with Crippen molar-refractivity contribution in [1.29, 1.82) is 0 Å². The fourth-order valence-electron chi connectivity index (χ4n) is 2.37. The van der Waals surface area contributed by atoms with Gasteiger partial charge in [-0.25, -0.2) is 0 Å². The number of hydrogen-bond donors (Lipinski definition) is 1. The van der Waals surface area contributed by atoms with Gasteiger partial charge < -0.3 is 9.84 Å². The van der Waals surface area contributed by atoms with Crippen molar-refractivity contribution >= 4 is 11.6 Å². The summed E-state index contributed by atoms with van der Waals surface area (Å²) in [6.45, 7) is 0.762. The topological polar surface area (TPSA) is 38.1 Å². The quantitative estimate of drug-likeness (QED) is 0.918. The maximum Gasteiger partial charge on any atom is 0.150 e. The minimum absolute atomic E-state index is 0.579. The molecule has 1 aliphatic carbocycles. The predicted molar refractivity (Wildman–Crippen MR) is 70.6 cm³/mol. The average Bonchev–Trinajstić information content (AvgIpc) is 2.82. The molecule has 0 aliphatic heterocycles. The highest BCUT2D eigenvalue weighted by molar-refractivity contribution is 6.30. The Morgan fingerprint density at radius 1 is 1.22 bits per heavy atom. The van der Waals surface area contributed by atoms with Crippen molar-refractivity contribution < 1.29 is 4.52 Å². The zero-order valence-corrected chi connectivity index (χ0v) is 10.7. The molecule has 1 aromatic carbocycles. The van der Waals surface area contributed by atoms with E-state index < -0.39 is 0 Å². The molecule has 0 radical (unpaired) electrons. The van der Waals surface area contributed by atoms with E-state index in [4.69, 9.17) is 16.1 Å². The zero-order chi connectivity index (χ0) is 12.4. The zero-order valence-electron chi connectivity index (χ0n) is 9.97. The number of aromatic nitrogens is 1. The minimum Gasteiger partial charge on any atom is -0.360 e. The van der Waals surface area contributed by atoms with E-state index in [-0.39, 0.29) is 0 Å². The smallest absolute Gasteiger partial charge is 0.150 e. The average molecular weight is 263 g/mol. The molecule has 94 valence electrons. The lowest BCUT2D eigenvalue weighted by Crippen LogP contribution is -2.39. The van der Waals surface area contributed by atoms with E-state index in [9.17, 15) is 0 Å². The summed E-state index contributed by atoms with van der Waals surface area (Å²) < 4.78 is 5.05. The Labute approximate surface area is 111 Å². The Morgan fingerprint density at radius 3 is 2.67 bits per heavy atom. The maximum absolute atomic E-state index is 5.88. The van der Waals surface area contributed by atoms with Crippen molar-refractivity contribution in [2.24, 2.45) is 0 Å². The van der Waals surface area contributed by atoms with Crippen LogP contribution in [-0.2, 0) is 6.54 Å². The van der Waals surface area contributed by atoms with Crippen molar-refractivity contribution in [1.82, 2.24) is 10.5 Å². The molecular formula is C14H15ClN2O. The molecular weight excluding hydrogens is 248 g/mol. The van der Waals surface area contributed by atoms with Gasteiger partial charge in [0.1, 0.15) is 5.76 Å². The van der Waals surface area contributed by atoms with Crippen LogP contribution >= 0.6 is 11.6 Å². The molecule has 1 aromatic heterocycles. The van der Waals surface area contributed by atoms with Crippen molar-refractivity contribution in [2.75, 3.05) is 0 Å². The van der Waals surface area contributed by atoms with Gasteiger partial charge >= 0.3 is 0 Å². The molecule has 3 nitrogen and oxygen atoms in total. The van der Waals surface area contributed by atoms with Crippen LogP contribution in [0.2, 0.25) is 5.02 Å². The molecule has 1 fully saturated rings. The van der Waals surface area contributed by atoms with Crippen LogP contribution in [0.3, 0.4) is 0 Å². The highest BCUT2D eigenvalue weighted by atomic mass is 35.5.